The summed E-state index contributed by atoms with van der Waals surface area (Å²) in [6.07, 6.45) is 0.0737. The molecule has 1 aromatic carbocycles. The Morgan fingerprint density at radius 2 is 1.96 bits per heavy atom. The molecule has 142 valence electrons. The maximum atomic E-state index is 13.2. The molecule has 0 saturated heterocycles. The summed E-state index contributed by atoms with van der Waals surface area (Å²) in [5.41, 5.74) is 0.527. The number of pyridine rings is 2. The highest BCUT2D eigenvalue weighted by atomic mass is 16.6. The topological polar surface area (TPSA) is 90.5 Å². The van der Waals surface area contributed by atoms with Gasteiger partial charge in [0.15, 0.2) is 11.0 Å². The van der Waals surface area contributed by atoms with Gasteiger partial charge < -0.3 is 19.0 Å². The van der Waals surface area contributed by atoms with Gasteiger partial charge in [-0.2, -0.15) is 0 Å². The van der Waals surface area contributed by atoms with Crippen molar-refractivity contribution in [3.63, 3.8) is 0 Å². The Balaban J connectivity index is 1.90. The van der Waals surface area contributed by atoms with Gasteiger partial charge in [-0.3, -0.25) is 9.59 Å². The summed E-state index contributed by atoms with van der Waals surface area (Å²) in [7, 11) is 1.87. The number of carbonyl (C=O) groups is 1. The summed E-state index contributed by atoms with van der Waals surface area (Å²) in [4.78, 5) is 38.6. The van der Waals surface area contributed by atoms with Crippen molar-refractivity contribution in [2.75, 3.05) is 0 Å². The number of nitrogens with zero attached hydrogens (tertiary/aromatic N) is 2. The molecule has 0 aliphatic carbocycles. The van der Waals surface area contributed by atoms with Crippen molar-refractivity contribution in [1.82, 2.24) is 9.13 Å². The van der Waals surface area contributed by atoms with Crippen LogP contribution in [0.15, 0.2) is 39.9 Å². The molecule has 0 spiro atoms. The fraction of sp³-hybridized carbons (Fsp3) is 0.286. The third kappa shape index (κ3) is 1.89. The zero-order chi connectivity index (χ0) is 19.8. The van der Waals surface area contributed by atoms with E-state index in [1.807, 2.05) is 23.7 Å². The van der Waals surface area contributed by atoms with E-state index in [2.05, 4.69) is 0 Å². The van der Waals surface area contributed by atoms with Crippen molar-refractivity contribution in [2.24, 2.45) is 7.05 Å². The van der Waals surface area contributed by atoms with E-state index < -0.39 is 11.6 Å². The number of esters is 1. The predicted octanol–water partition coefficient (Wildman–Crippen LogP) is 1.38. The van der Waals surface area contributed by atoms with E-state index in [-0.39, 0.29) is 41.7 Å². The highest BCUT2D eigenvalue weighted by Crippen LogP contribution is 2.37. The van der Waals surface area contributed by atoms with Crippen molar-refractivity contribution >= 4 is 16.9 Å². The lowest BCUT2D eigenvalue weighted by molar-refractivity contribution is -0.172. The van der Waals surface area contributed by atoms with Gasteiger partial charge in [0.1, 0.15) is 6.61 Å². The molecule has 7 heteroatoms. The average Bonchev–Trinajstić information content (AvgIpc) is 3.10. The van der Waals surface area contributed by atoms with Crippen molar-refractivity contribution in [3.8, 4) is 11.3 Å². The second kappa shape index (κ2) is 5.42. The fourth-order valence-electron chi connectivity index (χ4n) is 4.40. The van der Waals surface area contributed by atoms with Gasteiger partial charge in [-0.1, -0.05) is 19.1 Å². The van der Waals surface area contributed by atoms with Gasteiger partial charge >= 0.3 is 5.97 Å². The summed E-state index contributed by atoms with van der Waals surface area (Å²) >= 11 is 0. The molecule has 7 nitrogen and oxygen atoms in total. The number of ether oxygens (including phenoxy) is 1. The second-order valence-corrected chi connectivity index (χ2v) is 7.33. The number of carbonyl (C=O) groups excluding carboxylic acids is 1. The lowest BCUT2D eigenvalue weighted by atomic mass is 9.86. The van der Waals surface area contributed by atoms with E-state index in [1.54, 1.807) is 25.1 Å². The molecule has 0 saturated carbocycles. The van der Waals surface area contributed by atoms with Crippen molar-refractivity contribution in [3.05, 3.63) is 67.7 Å². The number of benzene rings is 1. The van der Waals surface area contributed by atoms with E-state index >= 15 is 0 Å². The Kier molecular flexibility index (Phi) is 3.28. The van der Waals surface area contributed by atoms with Crippen LogP contribution in [0.1, 0.15) is 30.2 Å². The molecule has 2 aliphatic heterocycles. The van der Waals surface area contributed by atoms with Gasteiger partial charge in [0.25, 0.3) is 5.56 Å². The standard InChI is InChI=1S/C21H18N2O5/c1-3-21(27)13-8-15-17-16(9-23(15)19(25)12(13)10-28-20(21)26)22(2)14-7-5-4-6-11(14)18(17)24/h4-8,27H,3,9-10H2,1-2H3/t21-/m0/s1. The number of aliphatic hydroxyl groups is 1. The Hall–Kier alpha value is -3.19. The van der Waals surface area contributed by atoms with Crippen LogP contribution in [-0.2, 0) is 35.3 Å². The molecule has 1 N–H and O–H groups in total. The third-order valence-electron chi connectivity index (χ3n) is 6.04. The highest BCUT2D eigenvalue weighted by molar-refractivity contribution is 5.87. The molecule has 0 unspecified atom stereocenters. The minimum Gasteiger partial charge on any atom is -0.458 e. The van der Waals surface area contributed by atoms with E-state index in [4.69, 9.17) is 4.74 Å². The monoisotopic (exact) mass is 378 g/mol. The molecule has 5 rings (SSSR count). The lowest BCUT2D eigenvalue weighted by Gasteiger charge is -2.31. The first-order chi connectivity index (χ1) is 13.4. The minimum atomic E-state index is -1.88. The number of rotatable bonds is 1. The molecule has 0 bridgehead atoms. The minimum absolute atomic E-state index is 0.0737. The molecule has 1 atom stereocenters. The van der Waals surface area contributed by atoms with Gasteiger partial charge in [-0.15, -0.1) is 0 Å². The molecule has 2 aliphatic rings. The molecular weight excluding hydrogens is 360 g/mol. The Morgan fingerprint density at radius 3 is 2.71 bits per heavy atom. The summed E-state index contributed by atoms with van der Waals surface area (Å²) < 4.78 is 8.52. The van der Waals surface area contributed by atoms with Crippen LogP contribution in [0.25, 0.3) is 22.2 Å². The quantitative estimate of drug-likeness (QED) is 0.506. The average molecular weight is 378 g/mol. The molecule has 0 fully saturated rings. The van der Waals surface area contributed by atoms with Crippen LogP contribution in [0.3, 0.4) is 0 Å². The van der Waals surface area contributed by atoms with Crippen molar-refractivity contribution in [1.29, 1.82) is 0 Å². The summed E-state index contributed by atoms with van der Waals surface area (Å²) in [6.45, 7) is 1.73. The number of cyclic esters (lactones) is 1. The third-order valence-corrected chi connectivity index (χ3v) is 6.04. The number of fused-ring (bicyclic) bond motifs is 5. The van der Waals surface area contributed by atoms with E-state index in [9.17, 15) is 19.5 Å². The molecule has 0 amide bonds. The van der Waals surface area contributed by atoms with E-state index in [0.29, 0.717) is 16.6 Å². The zero-order valence-corrected chi connectivity index (χ0v) is 15.5. The van der Waals surface area contributed by atoms with Gasteiger partial charge in [0, 0.05) is 18.0 Å². The number of aromatic nitrogens is 2. The smallest absolute Gasteiger partial charge is 0.343 e. The van der Waals surface area contributed by atoms with Crippen molar-refractivity contribution < 1.29 is 14.6 Å². The molecule has 2 aromatic heterocycles. The van der Waals surface area contributed by atoms with Crippen LogP contribution in [0.2, 0.25) is 0 Å². The zero-order valence-electron chi connectivity index (χ0n) is 15.5. The largest absolute Gasteiger partial charge is 0.458 e. The lowest BCUT2D eigenvalue weighted by Crippen LogP contribution is -2.44. The first-order valence-corrected chi connectivity index (χ1v) is 9.16. The van der Waals surface area contributed by atoms with Crippen LogP contribution in [0, 0.1) is 0 Å². The van der Waals surface area contributed by atoms with Gasteiger partial charge in [0.05, 0.1) is 34.6 Å². The van der Waals surface area contributed by atoms with E-state index in [1.165, 1.54) is 4.57 Å². The Labute approximate surface area is 159 Å². The molecule has 3 aromatic rings. The van der Waals surface area contributed by atoms with E-state index in [0.717, 1.165) is 11.2 Å². The van der Waals surface area contributed by atoms with Crippen LogP contribution in [0.4, 0.5) is 0 Å². The maximum absolute atomic E-state index is 13.2. The summed E-state index contributed by atoms with van der Waals surface area (Å²) in [5, 5.41) is 11.5. The normalized spacial score (nSPS) is 19.9. The van der Waals surface area contributed by atoms with Crippen molar-refractivity contribution in [2.45, 2.75) is 32.1 Å². The second-order valence-electron chi connectivity index (χ2n) is 7.33. The number of para-hydroxylation sites is 1. The van der Waals surface area contributed by atoms with Gasteiger partial charge in [-0.25, -0.2) is 4.79 Å². The maximum Gasteiger partial charge on any atom is 0.343 e. The Morgan fingerprint density at radius 1 is 1.21 bits per heavy atom. The first kappa shape index (κ1) is 16.9. The number of hydrogen-bond acceptors (Lipinski definition) is 5. The number of aryl methyl sites for hydroxylation is 1. The highest BCUT2D eigenvalue weighted by Gasteiger charge is 2.45. The summed E-state index contributed by atoms with van der Waals surface area (Å²) in [6, 6.07) is 8.91. The van der Waals surface area contributed by atoms with Crippen LogP contribution < -0.4 is 11.0 Å². The summed E-state index contributed by atoms with van der Waals surface area (Å²) in [5.74, 6) is -0.767. The molecule has 28 heavy (non-hydrogen) atoms. The SMILES string of the molecule is CC[C@@]1(O)C(=O)OCc2c1cc1n(c2=O)Cc2c-1c(=O)c1ccccc1n2C. The Bertz CT molecular complexity index is 1320. The molecule has 0 radical (unpaired) electrons. The molecular formula is C21H18N2O5. The fourth-order valence-corrected chi connectivity index (χ4v) is 4.40. The van der Waals surface area contributed by atoms with Crippen LogP contribution in [0.5, 0.6) is 0 Å². The number of hydrogen-bond donors (Lipinski definition) is 1. The van der Waals surface area contributed by atoms with Gasteiger partial charge in [0.2, 0.25) is 0 Å². The molecule has 4 heterocycles. The van der Waals surface area contributed by atoms with Crippen LogP contribution >= 0.6 is 0 Å². The van der Waals surface area contributed by atoms with Crippen LogP contribution in [-0.4, -0.2) is 20.2 Å². The first-order valence-electron chi connectivity index (χ1n) is 9.16. The van der Waals surface area contributed by atoms with Gasteiger partial charge in [-0.05, 0) is 24.6 Å². The predicted molar refractivity (Wildman–Crippen MR) is 102 cm³/mol.